The summed E-state index contributed by atoms with van der Waals surface area (Å²) in [5.41, 5.74) is 3.32. The van der Waals surface area contributed by atoms with Crippen LogP contribution in [0.3, 0.4) is 0 Å². The van der Waals surface area contributed by atoms with Crippen LogP contribution in [0.5, 0.6) is 5.75 Å². The molecule has 0 fully saturated rings. The fourth-order valence-corrected chi connectivity index (χ4v) is 3.89. The minimum absolute atomic E-state index is 0.116. The van der Waals surface area contributed by atoms with E-state index in [1.807, 2.05) is 58.9 Å². The molecule has 0 aliphatic heterocycles. The van der Waals surface area contributed by atoms with Crippen molar-refractivity contribution >= 4 is 11.9 Å². The highest BCUT2D eigenvalue weighted by Crippen LogP contribution is 2.50. The molecule has 0 atom stereocenters. The van der Waals surface area contributed by atoms with Gasteiger partial charge in [-0.15, -0.1) is 0 Å². The maximum atomic E-state index is 13.2. The third kappa shape index (κ3) is 7.59. The highest BCUT2D eigenvalue weighted by Gasteiger charge is 2.44. The monoisotopic (exact) mass is 492 g/mol. The number of aliphatic hydroxyl groups excluding tert-OH is 1. The van der Waals surface area contributed by atoms with Crippen LogP contribution in [0.1, 0.15) is 59.4 Å². The van der Waals surface area contributed by atoms with Gasteiger partial charge in [0.1, 0.15) is 17.3 Å². The Labute approximate surface area is 216 Å². The number of allylic oxidation sites excluding steroid dienone is 8. The zero-order chi connectivity index (χ0) is 26.7. The zero-order valence-electron chi connectivity index (χ0n) is 22.5. The van der Waals surface area contributed by atoms with Gasteiger partial charge in [-0.05, 0) is 76.3 Å². The maximum absolute atomic E-state index is 13.2. The number of ketones is 1. The summed E-state index contributed by atoms with van der Waals surface area (Å²) in [5.74, 6) is 0.873. The molecule has 5 heteroatoms. The zero-order valence-corrected chi connectivity index (χ0v) is 22.5. The molecule has 2 rings (SSSR count). The first-order chi connectivity index (χ1) is 17.1. The summed E-state index contributed by atoms with van der Waals surface area (Å²) < 4.78 is 16.5. The second-order valence-electron chi connectivity index (χ2n) is 9.47. The van der Waals surface area contributed by atoms with Gasteiger partial charge in [-0.2, -0.15) is 0 Å². The Morgan fingerprint density at radius 1 is 1.03 bits per heavy atom. The molecule has 1 aromatic rings. The van der Waals surface area contributed by atoms with Gasteiger partial charge in [0, 0.05) is 13.2 Å². The summed E-state index contributed by atoms with van der Waals surface area (Å²) in [6.45, 7) is 15.2. The van der Waals surface area contributed by atoms with Crippen molar-refractivity contribution in [3.63, 3.8) is 0 Å². The molecule has 0 spiro atoms. The van der Waals surface area contributed by atoms with Gasteiger partial charge in [0.2, 0.25) is 0 Å². The fourth-order valence-electron chi connectivity index (χ4n) is 3.89. The maximum Gasteiger partial charge on any atom is 0.193 e. The van der Waals surface area contributed by atoms with Gasteiger partial charge >= 0.3 is 0 Å². The highest BCUT2D eigenvalue weighted by molar-refractivity contribution is 6.10. The lowest BCUT2D eigenvalue weighted by atomic mass is 9.66. The van der Waals surface area contributed by atoms with Crippen LogP contribution in [0.25, 0.3) is 6.08 Å². The van der Waals surface area contributed by atoms with E-state index in [9.17, 15) is 9.90 Å². The molecule has 0 saturated carbocycles. The van der Waals surface area contributed by atoms with Gasteiger partial charge in [-0.25, -0.2) is 0 Å². The Kier molecular flexibility index (Phi) is 11.0. The van der Waals surface area contributed by atoms with Crippen molar-refractivity contribution in [1.29, 1.82) is 0 Å². The number of hydrogen-bond donors (Lipinski definition) is 1. The Hall–Kier alpha value is -3.31. The van der Waals surface area contributed by atoms with E-state index in [0.29, 0.717) is 36.5 Å². The molecular weight excluding hydrogens is 452 g/mol. The number of rotatable bonds is 12. The van der Waals surface area contributed by atoms with E-state index in [2.05, 4.69) is 18.7 Å². The van der Waals surface area contributed by atoms with E-state index < -0.39 is 5.41 Å². The first-order valence-electron chi connectivity index (χ1n) is 12.3. The summed E-state index contributed by atoms with van der Waals surface area (Å²) in [4.78, 5) is 13.2. The van der Waals surface area contributed by atoms with Crippen LogP contribution in [0.15, 0.2) is 89.0 Å². The number of methoxy groups -OCH3 is 1. The first kappa shape index (κ1) is 28.9. The van der Waals surface area contributed by atoms with Crippen molar-refractivity contribution < 1.29 is 24.1 Å². The van der Waals surface area contributed by atoms with Gasteiger partial charge in [0.05, 0.1) is 17.6 Å². The average molecular weight is 493 g/mol. The summed E-state index contributed by atoms with van der Waals surface area (Å²) >= 11 is 0. The van der Waals surface area contributed by atoms with E-state index in [-0.39, 0.29) is 23.9 Å². The number of benzene rings is 1. The fraction of sp³-hybridized carbons (Fsp3) is 0.387. The van der Waals surface area contributed by atoms with Crippen LogP contribution in [0.2, 0.25) is 0 Å². The standard InChI is InChI=1S/C31H40O5/c1-8-19-35-29-20-28(33)30(24(6)31(29,17-15-22(2)3)18-16-23(4)5)27(32)14-11-25-9-12-26(13-10-25)36-21-34-7/h9-16,20,32H,6,8,17-19,21H2,1-5,7H3/b14-11+,30-27-. The molecule has 0 bridgehead atoms. The predicted octanol–water partition coefficient (Wildman–Crippen LogP) is 7.64. The largest absolute Gasteiger partial charge is 0.507 e. The van der Waals surface area contributed by atoms with Crippen molar-refractivity contribution in [1.82, 2.24) is 0 Å². The van der Waals surface area contributed by atoms with E-state index >= 15 is 0 Å². The number of carbonyl (C=O) groups excluding carboxylic acids is 1. The van der Waals surface area contributed by atoms with E-state index in [0.717, 1.165) is 12.0 Å². The van der Waals surface area contributed by atoms with Crippen LogP contribution in [0, 0.1) is 5.41 Å². The van der Waals surface area contributed by atoms with Gasteiger partial charge in [0.15, 0.2) is 12.6 Å². The van der Waals surface area contributed by atoms with Crippen molar-refractivity contribution in [3.05, 3.63) is 94.5 Å². The molecule has 5 nitrogen and oxygen atoms in total. The SMILES string of the molecule is C=C1/C(=C(O)\C=C\c2ccc(OCOC)cc2)C(=O)C=C(OCCC)C1(CC=C(C)C)CC=C(C)C. The molecule has 0 heterocycles. The summed E-state index contributed by atoms with van der Waals surface area (Å²) in [6, 6.07) is 7.36. The van der Waals surface area contributed by atoms with Gasteiger partial charge in [-0.1, -0.05) is 55.0 Å². The highest BCUT2D eigenvalue weighted by atomic mass is 16.7. The van der Waals surface area contributed by atoms with Crippen molar-refractivity contribution in [2.45, 2.75) is 53.9 Å². The minimum Gasteiger partial charge on any atom is -0.507 e. The Balaban J connectivity index is 2.52. The second kappa shape index (κ2) is 13.7. The van der Waals surface area contributed by atoms with Crippen LogP contribution < -0.4 is 4.74 Å². The molecule has 1 N–H and O–H groups in total. The minimum atomic E-state index is -0.658. The molecule has 0 amide bonds. The molecule has 0 unspecified atom stereocenters. The van der Waals surface area contributed by atoms with Crippen molar-refractivity contribution in [2.75, 3.05) is 20.5 Å². The molecule has 1 aliphatic rings. The first-order valence-corrected chi connectivity index (χ1v) is 12.3. The predicted molar refractivity (Wildman–Crippen MR) is 147 cm³/mol. The quantitative estimate of drug-likeness (QED) is 0.141. The van der Waals surface area contributed by atoms with Gasteiger partial charge in [0.25, 0.3) is 0 Å². The van der Waals surface area contributed by atoms with Gasteiger partial charge < -0.3 is 19.3 Å². The lowest BCUT2D eigenvalue weighted by molar-refractivity contribution is -0.112. The molecule has 194 valence electrons. The van der Waals surface area contributed by atoms with E-state index in [1.54, 1.807) is 19.3 Å². The number of aliphatic hydroxyl groups is 1. The molecule has 0 aromatic heterocycles. The van der Waals surface area contributed by atoms with E-state index in [4.69, 9.17) is 14.2 Å². The summed E-state index contributed by atoms with van der Waals surface area (Å²) in [5, 5.41) is 11.1. The van der Waals surface area contributed by atoms with Gasteiger partial charge in [-0.3, -0.25) is 4.79 Å². The van der Waals surface area contributed by atoms with Crippen molar-refractivity contribution in [2.24, 2.45) is 5.41 Å². The third-order valence-electron chi connectivity index (χ3n) is 5.95. The molecule has 1 aromatic carbocycles. The van der Waals surface area contributed by atoms with Crippen LogP contribution in [-0.2, 0) is 14.3 Å². The Bertz CT molecular complexity index is 1050. The molecule has 0 radical (unpaired) electrons. The normalized spacial score (nSPS) is 16.4. The Morgan fingerprint density at radius 2 is 1.64 bits per heavy atom. The second-order valence-corrected chi connectivity index (χ2v) is 9.47. The lowest BCUT2D eigenvalue weighted by Crippen LogP contribution is -2.34. The molecule has 36 heavy (non-hydrogen) atoms. The van der Waals surface area contributed by atoms with Crippen molar-refractivity contribution in [3.8, 4) is 5.75 Å². The molecular formula is C31H40O5. The third-order valence-corrected chi connectivity index (χ3v) is 5.95. The topological polar surface area (TPSA) is 65.0 Å². The van der Waals surface area contributed by atoms with E-state index in [1.165, 1.54) is 17.2 Å². The van der Waals surface area contributed by atoms with Crippen LogP contribution >= 0.6 is 0 Å². The Morgan fingerprint density at radius 3 is 2.17 bits per heavy atom. The summed E-state index contributed by atoms with van der Waals surface area (Å²) in [7, 11) is 1.57. The van der Waals surface area contributed by atoms with Crippen LogP contribution in [-0.4, -0.2) is 31.4 Å². The number of ether oxygens (including phenoxy) is 3. The molecule has 0 saturated heterocycles. The number of hydrogen-bond acceptors (Lipinski definition) is 5. The average Bonchev–Trinajstić information content (AvgIpc) is 2.84. The molecule has 1 aliphatic carbocycles. The van der Waals surface area contributed by atoms with Crippen LogP contribution in [0.4, 0.5) is 0 Å². The lowest BCUT2D eigenvalue weighted by Gasteiger charge is -2.40. The number of carbonyl (C=O) groups is 1. The smallest absolute Gasteiger partial charge is 0.193 e. The summed E-state index contributed by atoms with van der Waals surface area (Å²) in [6.07, 6.45) is 11.2.